The summed E-state index contributed by atoms with van der Waals surface area (Å²) in [6.07, 6.45) is 3.66. The Morgan fingerprint density at radius 2 is 1.95 bits per heavy atom. The lowest BCUT2D eigenvalue weighted by molar-refractivity contribution is 0.108. The predicted octanol–water partition coefficient (Wildman–Crippen LogP) is 2.92. The maximum Gasteiger partial charge on any atom is 0.156 e. The number of aryl methyl sites for hydroxylation is 1. The van der Waals surface area contributed by atoms with Crippen molar-refractivity contribution in [2.24, 2.45) is 0 Å². The number of nitrogens with one attached hydrogen (secondary N) is 1. The van der Waals surface area contributed by atoms with Gasteiger partial charge in [0.25, 0.3) is 0 Å². The minimum Gasteiger partial charge on any atom is -0.381 e. The zero-order chi connectivity index (χ0) is 13.2. The molecular weight excluding hydrogens is 238 g/mol. The summed E-state index contributed by atoms with van der Waals surface area (Å²) in [5, 5.41) is 14.4. The van der Waals surface area contributed by atoms with Gasteiger partial charge in [-0.3, -0.25) is 0 Å². The van der Waals surface area contributed by atoms with Crippen LogP contribution in [0.2, 0.25) is 0 Å². The number of methoxy groups -OCH3 is 1. The fourth-order valence-corrected chi connectivity index (χ4v) is 2.82. The fourth-order valence-electron chi connectivity index (χ4n) is 2.82. The quantitative estimate of drug-likeness (QED) is 0.918. The zero-order valence-corrected chi connectivity index (χ0v) is 11.4. The molecule has 19 heavy (non-hydrogen) atoms. The second-order valence-electron chi connectivity index (χ2n) is 5.19. The Morgan fingerprint density at radius 1 is 1.16 bits per heavy atom. The highest BCUT2D eigenvalue weighted by molar-refractivity contribution is 5.92. The average molecular weight is 257 g/mol. The Hall–Kier alpha value is -1.68. The van der Waals surface area contributed by atoms with Crippen molar-refractivity contribution in [3.63, 3.8) is 0 Å². The lowest BCUT2D eigenvalue weighted by Crippen LogP contribution is -2.18. The molecule has 0 amide bonds. The summed E-state index contributed by atoms with van der Waals surface area (Å²) in [5.74, 6) is 0.892. The summed E-state index contributed by atoms with van der Waals surface area (Å²) in [6, 6.07) is 8.71. The monoisotopic (exact) mass is 257 g/mol. The summed E-state index contributed by atoms with van der Waals surface area (Å²) in [5.41, 5.74) is 0.974. The molecule has 1 aliphatic rings. The number of anilines is 1. The van der Waals surface area contributed by atoms with Gasteiger partial charge in [-0.1, -0.05) is 24.3 Å². The maximum absolute atomic E-state index is 5.41. The van der Waals surface area contributed by atoms with E-state index in [1.165, 1.54) is 5.39 Å². The molecule has 0 radical (unpaired) electrons. The van der Waals surface area contributed by atoms with E-state index in [4.69, 9.17) is 4.74 Å². The molecule has 1 fully saturated rings. The highest BCUT2D eigenvalue weighted by Crippen LogP contribution is 2.28. The van der Waals surface area contributed by atoms with Crippen LogP contribution in [-0.4, -0.2) is 29.5 Å². The van der Waals surface area contributed by atoms with E-state index >= 15 is 0 Å². The molecular formula is C15H19N3O. The molecule has 2 atom stereocenters. The zero-order valence-electron chi connectivity index (χ0n) is 11.4. The van der Waals surface area contributed by atoms with Gasteiger partial charge in [0, 0.05) is 23.9 Å². The number of rotatable bonds is 3. The van der Waals surface area contributed by atoms with Crippen LogP contribution in [0.4, 0.5) is 5.82 Å². The average Bonchev–Trinajstić information content (AvgIpc) is 2.90. The van der Waals surface area contributed by atoms with Gasteiger partial charge < -0.3 is 10.1 Å². The van der Waals surface area contributed by atoms with Gasteiger partial charge >= 0.3 is 0 Å². The van der Waals surface area contributed by atoms with Crippen LogP contribution in [0, 0.1) is 6.92 Å². The van der Waals surface area contributed by atoms with Crippen molar-refractivity contribution in [2.45, 2.75) is 38.3 Å². The van der Waals surface area contributed by atoms with Crippen LogP contribution in [-0.2, 0) is 4.74 Å². The van der Waals surface area contributed by atoms with Crippen molar-refractivity contribution in [1.82, 2.24) is 10.2 Å². The predicted molar refractivity (Wildman–Crippen MR) is 76.3 cm³/mol. The second kappa shape index (κ2) is 5.13. The maximum atomic E-state index is 5.41. The number of hydrogen-bond acceptors (Lipinski definition) is 4. The lowest BCUT2D eigenvalue weighted by atomic mass is 10.1. The molecule has 0 bridgehead atoms. The van der Waals surface area contributed by atoms with Crippen molar-refractivity contribution in [3.8, 4) is 0 Å². The van der Waals surface area contributed by atoms with E-state index in [0.717, 1.165) is 36.2 Å². The van der Waals surface area contributed by atoms with Gasteiger partial charge in [-0.25, -0.2) is 0 Å². The minimum absolute atomic E-state index is 0.377. The van der Waals surface area contributed by atoms with E-state index in [9.17, 15) is 0 Å². The van der Waals surface area contributed by atoms with Gasteiger partial charge in [-0.2, -0.15) is 5.10 Å². The number of nitrogens with zero attached hydrogens (tertiary/aromatic N) is 2. The van der Waals surface area contributed by atoms with Gasteiger partial charge in [0.2, 0.25) is 0 Å². The molecule has 0 saturated heterocycles. The fraction of sp³-hybridized carbons (Fsp3) is 0.467. The smallest absolute Gasteiger partial charge is 0.156 e. The highest BCUT2D eigenvalue weighted by Gasteiger charge is 2.25. The van der Waals surface area contributed by atoms with Crippen molar-refractivity contribution < 1.29 is 4.74 Å². The molecule has 4 heteroatoms. The summed E-state index contributed by atoms with van der Waals surface area (Å²) in [4.78, 5) is 0. The van der Waals surface area contributed by atoms with Gasteiger partial charge in [0.05, 0.1) is 11.8 Å². The number of ether oxygens (including phenoxy) is 1. The van der Waals surface area contributed by atoms with Crippen LogP contribution >= 0.6 is 0 Å². The van der Waals surface area contributed by atoms with Crippen molar-refractivity contribution in [1.29, 1.82) is 0 Å². The third-order valence-electron chi connectivity index (χ3n) is 3.93. The third-order valence-corrected chi connectivity index (χ3v) is 3.93. The standard InChI is InChI=1S/C15H19N3O/c1-10-13-5-3-4-6-14(13)15(18-17-10)16-11-7-8-12(9-11)19-2/h3-6,11-12H,7-9H2,1-2H3,(H,16,18). The first kappa shape index (κ1) is 12.4. The van der Waals surface area contributed by atoms with Gasteiger partial charge in [-0.05, 0) is 26.2 Å². The Bertz CT molecular complexity index is 585. The normalized spacial score (nSPS) is 22.8. The number of aromatic nitrogens is 2. The summed E-state index contributed by atoms with van der Waals surface area (Å²) in [6.45, 7) is 2.00. The van der Waals surface area contributed by atoms with E-state index < -0.39 is 0 Å². The first-order chi connectivity index (χ1) is 9.28. The molecule has 0 aliphatic heterocycles. The van der Waals surface area contributed by atoms with Crippen LogP contribution in [0.15, 0.2) is 24.3 Å². The van der Waals surface area contributed by atoms with Crippen molar-refractivity contribution in [3.05, 3.63) is 30.0 Å². The third kappa shape index (κ3) is 2.40. The van der Waals surface area contributed by atoms with Crippen LogP contribution in [0.5, 0.6) is 0 Å². The molecule has 0 spiro atoms. The molecule has 2 unspecified atom stereocenters. The van der Waals surface area contributed by atoms with Crippen LogP contribution in [0.3, 0.4) is 0 Å². The molecule has 2 aromatic rings. The largest absolute Gasteiger partial charge is 0.381 e. The summed E-state index contributed by atoms with van der Waals surface area (Å²) >= 11 is 0. The van der Waals surface area contributed by atoms with Gasteiger partial charge in [-0.15, -0.1) is 5.10 Å². The summed E-state index contributed by atoms with van der Waals surface area (Å²) < 4.78 is 5.41. The molecule has 100 valence electrons. The molecule has 3 rings (SSSR count). The number of benzene rings is 1. The minimum atomic E-state index is 0.377. The van der Waals surface area contributed by atoms with E-state index in [0.29, 0.717) is 12.1 Å². The molecule has 1 aromatic heterocycles. The Balaban J connectivity index is 1.87. The van der Waals surface area contributed by atoms with Crippen LogP contribution < -0.4 is 5.32 Å². The molecule has 1 aliphatic carbocycles. The van der Waals surface area contributed by atoms with E-state index in [-0.39, 0.29) is 0 Å². The number of fused-ring (bicyclic) bond motifs is 1. The Labute approximate surface area is 113 Å². The highest BCUT2D eigenvalue weighted by atomic mass is 16.5. The van der Waals surface area contributed by atoms with E-state index in [1.54, 1.807) is 7.11 Å². The molecule has 1 N–H and O–H groups in total. The molecule has 1 aromatic carbocycles. The van der Waals surface area contributed by atoms with E-state index in [2.05, 4.69) is 27.6 Å². The lowest BCUT2D eigenvalue weighted by Gasteiger charge is -2.15. The molecule has 1 heterocycles. The second-order valence-corrected chi connectivity index (χ2v) is 5.19. The molecule has 4 nitrogen and oxygen atoms in total. The molecule has 1 saturated carbocycles. The first-order valence-electron chi connectivity index (χ1n) is 6.79. The van der Waals surface area contributed by atoms with Crippen molar-refractivity contribution in [2.75, 3.05) is 12.4 Å². The van der Waals surface area contributed by atoms with Crippen LogP contribution in [0.25, 0.3) is 10.8 Å². The Kier molecular flexibility index (Phi) is 3.34. The van der Waals surface area contributed by atoms with Crippen LogP contribution in [0.1, 0.15) is 25.0 Å². The van der Waals surface area contributed by atoms with Crippen molar-refractivity contribution >= 4 is 16.6 Å². The summed E-state index contributed by atoms with van der Waals surface area (Å²) in [7, 11) is 1.79. The number of hydrogen-bond donors (Lipinski definition) is 1. The van der Waals surface area contributed by atoms with Gasteiger partial charge in [0.1, 0.15) is 0 Å². The topological polar surface area (TPSA) is 47.0 Å². The van der Waals surface area contributed by atoms with Gasteiger partial charge in [0.15, 0.2) is 5.82 Å². The SMILES string of the molecule is COC1CCC(Nc2nnc(C)c3ccccc23)C1. The first-order valence-corrected chi connectivity index (χ1v) is 6.79. The Morgan fingerprint density at radius 3 is 2.68 bits per heavy atom. The van der Waals surface area contributed by atoms with E-state index in [1.807, 2.05) is 19.1 Å².